The van der Waals surface area contributed by atoms with Gasteiger partial charge in [0.15, 0.2) is 0 Å². The third-order valence-electron chi connectivity index (χ3n) is 3.06. The van der Waals surface area contributed by atoms with Crippen LogP contribution in [0.1, 0.15) is 5.56 Å². The molecule has 1 heteroatoms. The lowest BCUT2D eigenvalue weighted by Crippen LogP contribution is -2.14. The lowest BCUT2D eigenvalue weighted by molar-refractivity contribution is 1.21. The maximum Gasteiger partial charge on any atom is 0.0461 e. The molecule has 0 bridgehead atoms. The van der Waals surface area contributed by atoms with Crippen molar-refractivity contribution in [2.75, 3.05) is 4.90 Å². The number of hydrogen-bond donors (Lipinski definition) is 0. The average molecular weight is 261 g/mol. The maximum absolute atomic E-state index is 3.91. The molecule has 0 saturated heterocycles. The fourth-order valence-corrected chi connectivity index (χ4v) is 2.07. The summed E-state index contributed by atoms with van der Waals surface area (Å²) in [6.45, 7) is 9.78. The predicted molar refractivity (Wildman–Crippen MR) is 88.2 cm³/mol. The standard InChI is InChI=1S/C19H19N/c1-4-9-17(5-2)20(18-10-7-6-8-11-18)19-14-12-16(3)13-15-19/h4-15H,1-2H2,3H3/b17-9+. The van der Waals surface area contributed by atoms with Crippen molar-refractivity contribution in [2.24, 2.45) is 0 Å². The van der Waals surface area contributed by atoms with Gasteiger partial charge in [0.1, 0.15) is 0 Å². The highest BCUT2D eigenvalue weighted by atomic mass is 15.1. The summed E-state index contributed by atoms with van der Waals surface area (Å²) in [4.78, 5) is 2.16. The van der Waals surface area contributed by atoms with Crippen LogP contribution in [-0.2, 0) is 0 Å². The molecule has 0 amide bonds. The molecule has 0 aliphatic carbocycles. The Morgan fingerprint density at radius 1 is 0.900 bits per heavy atom. The zero-order chi connectivity index (χ0) is 14.4. The molecule has 0 N–H and O–H groups in total. The Morgan fingerprint density at radius 3 is 2.05 bits per heavy atom. The molecule has 0 heterocycles. The molecule has 2 rings (SSSR count). The highest BCUT2D eigenvalue weighted by Gasteiger charge is 2.11. The van der Waals surface area contributed by atoms with Crippen LogP contribution in [0.25, 0.3) is 0 Å². The zero-order valence-electron chi connectivity index (χ0n) is 11.8. The lowest BCUT2D eigenvalue weighted by Gasteiger charge is -2.26. The minimum absolute atomic E-state index is 0.995. The van der Waals surface area contributed by atoms with E-state index in [0.717, 1.165) is 17.1 Å². The van der Waals surface area contributed by atoms with Crippen molar-refractivity contribution in [3.05, 3.63) is 97.2 Å². The lowest BCUT2D eigenvalue weighted by atomic mass is 10.1. The van der Waals surface area contributed by atoms with Crippen LogP contribution in [0.15, 0.2) is 91.7 Å². The van der Waals surface area contributed by atoms with Gasteiger partial charge in [-0.3, -0.25) is 0 Å². The molecule has 1 nitrogen and oxygen atoms in total. The molecule has 0 saturated carbocycles. The Bertz CT molecular complexity index is 606. The summed E-state index contributed by atoms with van der Waals surface area (Å²) in [5, 5.41) is 0. The topological polar surface area (TPSA) is 3.24 Å². The van der Waals surface area contributed by atoms with Crippen LogP contribution in [-0.4, -0.2) is 0 Å². The van der Waals surface area contributed by atoms with Crippen molar-refractivity contribution in [1.29, 1.82) is 0 Å². The minimum Gasteiger partial charge on any atom is -0.311 e. The van der Waals surface area contributed by atoms with Crippen LogP contribution in [0.4, 0.5) is 11.4 Å². The molecular weight excluding hydrogens is 242 g/mol. The van der Waals surface area contributed by atoms with Crippen molar-refractivity contribution in [1.82, 2.24) is 0 Å². The van der Waals surface area contributed by atoms with Gasteiger partial charge in [0.25, 0.3) is 0 Å². The molecule has 0 atom stereocenters. The summed E-state index contributed by atoms with van der Waals surface area (Å²) in [7, 11) is 0. The van der Waals surface area contributed by atoms with Gasteiger partial charge in [-0.05, 0) is 43.3 Å². The number of rotatable bonds is 5. The Hall–Kier alpha value is -2.54. The van der Waals surface area contributed by atoms with Crippen molar-refractivity contribution >= 4 is 11.4 Å². The monoisotopic (exact) mass is 261 g/mol. The van der Waals surface area contributed by atoms with E-state index in [1.165, 1.54) is 5.56 Å². The molecule has 20 heavy (non-hydrogen) atoms. The molecule has 2 aromatic carbocycles. The van der Waals surface area contributed by atoms with E-state index in [1.807, 2.05) is 30.4 Å². The van der Waals surface area contributed by atoms with Gasteiger partial charge in [0.05, 0.1) is 0 Å². The summed E-state index contributed by atoms with van der Waals surface area (Å²) < 4.78 is 0. The first-order chi connectivity index (χ1) is 9.76. The van der Waals surface area contributed by atoms with Crippen LogP contribution < -0.4 is 4.90 Å². The molecule has 0 aliphatic rings. The van der Waals surface area contributed by atoms with E-state index < -0.39 is 0 Å². The van der Waals surface area contributed by atoms with Crippen LogP contribution in [0.5, 0.6) is 0 Å². The second kappa shape index (κ2) is 6.58. The Labute approximate surface area is 121 Å². The number of anilines is 2. The normalized spacial score (nSPS) is 10.9. The smallest absolute Gasteiger partial charge is 0.0461 e. The molecule has 0 spiro atoms. The quantitative estimate of drug-likeness (QED) is 0.652. The van der Waals surface area contributed by atoms with Gasteiger partial charge in [-0.2, -0.15) is 0 Å². The summed E-state index contributed by atoms with van der Waals surface area (Å²) in [6, 6.07) is 18.7. The SMILES string of the molecule is C=C/C=C(\C=C)N(c1ccccc1)c1ccc(C)cc1. The molecule has 0 aliphatic heterocycles. The van der Waals surface area contributed by atoms with Gasteiger partial charge < -0.3 is 4.90 Å². The summed E-state index contributed by atoms with van der Waals surface area (Å²) >= 11 is 0. The third-order valence-corrected chi connectivity index (χ3v) is 3.06. The van der Waals surface area contributed by atoms with E-state index in [4.69, 9.17) is 0 Å². The predicted octanol–water partition coefficient (Wildman–Crippen LogP) is 5.39. The van der Waals surface area contributed by atoms with Crippen molar-refractivity contribution in [3.63, 3.8) is 0 Å². The van der Waals surface area contributed by atoms with Gasteiger partial charge in [0.2, 0.25) is 0 Å². The number of benzene rings is 2. The van der Waals surface area contributed by atoms with Crippen LogP contribution in [0, 0.1) is 6.92 Å². The first-order valence-electron chi connectivity index (χ1n) is 6.63. The summed E-state index contributed by atoms with van der Waals surface area (Å²) in [6.07, 6.45) is 5.58. The van der Waals surface area contributed by atoms with Crippen molar-refractivity contribution in [2.45, 2.75) is 6.92 Å². The maximum atomic E-state index is 3.91. The second-order valence-electron chi connectivity index (χ2n) is 4.54. The van der Waals surface area contributed by atoms with Crippen molar-refractivity contribution < 1.29 is 0 Å². The number of nitrogens with zero attached hydrogens (tertiary/aromatic N) is 1. The van der Waals surface area contributed by atoms with E-state index in [0.29, 0.717) is 0 Å². The highest BCUT2D eigenvalue weighted by Crippen LogP contribution is 2.30. The number of allylic oxidation sites excluding steroid dienone is 3. The highest BCUT2D eigenvalue weighted by molar-refractivity contribution is 5.70. The van der Waals surface area contributed by atoms with Crippen LogP contribution in [0.2, 0.25) is 0 Å². The van der Waals surface area contributed by atoms with Gasteiger partial charge in [-0.15, -0.1) is 0 Å². The molecule has 0 radical (unpaired) electrons. The molecule has 2 aromatic rings. The van der Waals surface area contributed by atoms with E-state index in [-0.39, 0.29) is 0 Å². The van der Waals surface area contributed by atoms with Crippen LogP contribution >= 0.6 is 0 Å². The van der Waals surface area contributed by atoms with Gasteiger partial charge in [-0.1, -0.05) is 55.1 Å². The average Bonchev–Trinajstić information content (AvgIpc) is 2.49. The largest absolute Gasteiger partial charge is 0.311 e. The van der Waals surface area contributed by atoms with Gasteiger partial charge in [-0.25, -0.2) is 0 Å². The van der Waals surface area contributed by atoms with E-state index in [1.54, 1.807) is 6.08 Å². The molecular formula is C19H19N. The van der Waals surface area contributed by atoms with Crippen LogP contribution in [0.3, 0.4) is 0 Å². The summed E-state index contributed by atoms with van der Waals surface area (Å²) in [5.74, 6) is 0. The second-order valence-corrected chi connectivity index (χ2v) is 4.54. The first kappa shape index (κ1) is 13.9. The minimum atomic E-state index is 0.995. The first-order valence-corrected chi connectivity index (χ1v) is 6.63. The number of hydrogen-bond acceptors (Lipinski definition) is 1. The van der Waals surface area contributed by atoms with E-state index in [9.17, 15) is 0 Å². The Kier molecular flexibility index (Phi) is 4.56. The fourth-order valence-electron chi connectivity index (χ4n) is 2.07. The molecule has 0 unspecified atom stereocenters. The molecule has 0 aromatic heterocycles. The van der Waals surface area contributed by atoms with Crippen molar-refractivity contribution in [3.8, 4) is 0 Å². The van der Waals surface area contributed by atoms with Gasteiger partial charge >= 0.3 is 0 Å². The zero-order valence-corrected chi connectivity index (χ0v) is 11.8. The summed E-state index contributed by atoms with van der Waals surface area (Å²) in [5.41, 5.74) is 4.45. The van der Waals surface area contributed by atoms with E-state index >= 15 is 0 Å². The molecule has 100 valence electrons. The Morgan fingerprint density at radius 2 is 1.50 bits per heavy atom. The number of aryl methyl sites for hydroxylation is 1. The third kappa shape index (κ3) is 3.07. The Balaban J connectivity index is 2.54. The van der Waals surface area contributed by atoms with Gasteiger partial charge in [0, 0.05) is 17.1 Å². The fraction of sp³-hybridized carbons (Fsp3) is 0.0526. The number of para-hydroxylation sites is 1. The van der Waals surface area contributed by atoms with E-state index in [2.05, 4.69) is 61.4 Å². The molecule has 0 fully saturated rings.